The first-order valence-electron chi connectivity index (χ1n) is 7.55. The number of pyridine rings is 1. The number of para-hydroxylation sites is 1. The lowest BCUT2D eigenvalue weighted by atomic mass is 9.82. The summed E-state index contributed by atoms with van der Waals surface area (Å²) in [7, 11) is 1.69. The summed E-state index contributed by atoms with van der Waals surface area (Å²) in [5.74, 6) is 1.45. The van der Waals surface area contributed by atoms with Crippen molar-refractivity contribution < 1.29 is 4.74 Å². The van der Waals surface area contributed by atoms with E-state index in [1.807, 2.05) is 12.1 Å². The third-order valence-corrected chi connectivity index (χ3v) is 4.20. The van der Waals surface area contributed by atoms with E-state index in [4.69, 9.17) is 9.72 Å². The number of benzene rings is 1. The van der Waals surface area contributed by atoms with Gasteiger partial charge in [0.25, 0.3) is 0 Å². The Morgan fingerprint density at radius 3 is 2.62 bits per heavy atom. The quantitative estimate of drug-likeness (QED) is 0.901. The van der Waals surface area contributed by atoms with Crippen molar-refractivity contribution in [1.82, 2.24) is 10.3 Å². The van der Waals surface area contributed by atoms with Gasteiger partial charge in [0.05, 0.1) is 12.8 Å². The van der Waals surface area contributed by atoms with Gasteiger partial charge in [0.2, 0.25) is 0 Å². The van der Waals surface area contributed by atoms with Crippen LogP contribution in [0.15, 0.2) is 30.3 Å². The van der Waals surface area contributed by atoms with Crippen LogP contribution in [-0.2, 0) is 6.54 Å². The van der Waals surface area contributed by atoms with Crippen molar-refractivity contribution in [2.75, 3.05) is 13.7 Å². The first-order valence-corrected chi connectivity index (χ1v) is 7.55. The molecular weight excluding hydrogens is 260 g/mol. The third kappa shape index (κ3) is 3.94. The molecule has 1 N–H and O–H groups in total. The minimum atomic E-state index is 0.326. The van der Waals surface area contributed by atoms with E-state index in [1.54, 1.807) is 7.11 Å². The average molecular weight is 286 g/mol. The molecule has 0 aliphatic carbocycles. The summed E-state index contributed by atoms with van der Waals surface area (Å²) in [6, 6.07) is 10.2. The van der Waals surface area contributed by atoms with Crippen molar-refractivity contribution in [3.8, 4) is 5.75 Å². The van der Waals surface area contributed by atoms with Crippen LogP contribution in [0.3, 0.4) is 0 Å². The highest BCUT2D eigenvalue weighted by atomic mass is 16.5. The van der Waals surface area contributed by atoms with Crippen LogP contribution < -0.4 is 10.1 Å². The summed E-state index contributed by atoms with van der Waals surface area (Å²) in [4.78, 5) is 4.72. The fourth-order valence-corrected chi connectivity index (χ4v) is 2.15. The number of fused-ring (bicyclic) bond motifs is 1. The van der Waals surface area contributed by atoms with Gasteiger partial charge in [-0.25, -0.2) is 4.98 Å². The highest BCUT2D eigenvalue weighted by Gasteiger charge is 2.19. The van der Waals surface area contributed by atoms with E-state index < -0.39 is 0 Å². The van der Waals surface area contributed by atoms with Crippen molar-refractivity contribution >= 4 is 10.9 Å². The topological polar surface area (TPSA) is 34.1 Å². The molecule has 3 heteroatoms. The number of hydrogen-bond donors (Lipinski definition) is 1. The molecule has 2 aromatic rings. The summed E-state index contributed by atoms with van der Waals surface area (Å²) < 4.78 is 5.39. The maximum atomic E-state index is 5.39. The molecule has 0 spiro atoms. The Balaban J connectivity index is 2.06. The normalized spacial score (nSPS) is 13.4. The average Bonchev–Trinajstić information content (AvgIpc) is 2.45. The molecule has 1 atom stereocenters. The van der Waals surface area contributed by atoms with Crippen LogP contribution in [0.5, 0.6) is 5.75 Å². The fraction of sp³-hybridized carbons (Fsp3) is 0.500. The zero-order valence-electron chi connectivity index (χ0n) is 13.7. The van der Waals surface area contributed by atoms with Gasteiger partial charge in [-0.15, -0.1) is 0 Å². The summed E-state index contributed by atoms with van der Waals surface area (Å²) in [5, 5.41) is 4.62. The number of rotatable bonds is 5. The SMILES string of the molecule is COc1cccc2ccc(CNCC(C)C(C)(C)C)nc12. The van der Waals surface area contributed by atoms with Crippen LogP contribution in [0.25, 0.3) is 10.9 Å². The van der Waals surface area contributed by atoms with Gasteiger partial charge < -0.3 is 10.1 Å². The molecule has 0 fully saturated rings. The second-order valence-corrected chi connectivity index (χ2v) is 6.73. The van der Waals surface area contributed by atoms with Crippen molar-refractivity contribution in [2.45, 2.75) is 34.2 Å². The van der Waals surface area contributed by atoms with Crippen LogP contribution in [-0.4, -0.2) is 18.6 Å². The summed E-state index contributed by atoms with van der Waals surface area (Å²) >= 11 is 0. The van der Waals surface area contributed by atoms with Crippen LogP contribution in [0, 0.1) is 11.3 Å². The zero-order chi connectivity index (χ0) is 15.5. The van der Waals surface area contributed by atoms with Gasteiger partial charge >= 0.3 is 0 Å². The standard InChI is InChI=1S/C18H26N2O/c1-13(18(2,3)4)11-19-12-15-10-9-14-7-6-8-16(21-5)17(14)20-15/h6-10,13,19H,11-12H2,1-5H3. The molecule has 0 aliphatic rings. The number of hydrogen-bond acceptors (Lipinski definition) is 3. The van der Waals surface area contributed by atoms with Crippen molar-refractivity contribution in [1.29, 1.82) is 0 Å². The molecule has 1 aromatic heterocycles. The van der Waals surface area contributed by atoms with E-state index in [0.29, 0.717) is 11.3 Å². The molecule has 1 unspecified atom stereocenters. The van der Waals surface area contributed by atoms with E-state index in [2.05, 4.69) is 51.2 Å². The van der Waals surface area contributed by atoms with E-state index in [-0.39, 0.29) is 0 Å². The molecule has 1 heterocycles. The van der Waals surface area contributed by atoms with Crippen molar-refractivity contribution in [2.24, 2.45) is 11.3 Å². The van der Waals surface area contributed by atoms with Crippen LogP contribution in [0.4, 0.5) is 0 Å². The molecule has 1 aromatic carbocycles. The Morgan fingerprint density at radius 2 is 1.95 bits per heavy atom. The molecule has 3 nitrogen and oxygen atoms in total. The lowest BCUT2D eigenvalue weighted by Crippen LogP contribution is -2.29. The number of methoxy groups -OCH3 is 1. The minimum Gasteiger partial charge on any atom is -0.494 e. The molecule has 21 heavy (non-hydrogen) atoms. The van der Waals surface area contributed by atoms with Gasteiger partial charge in [-0.05, 0) is 30.0 Å². The monoisotopic (exact) mass is 286 g/mol. The van der Waals surface area contributed by atoms with E-state index in [0.717, 1.165) is 35.4 Å². The zero-order valence-corrected chi connectivity index (χ0v) is 13.7. The molecule has 0 bridgehead atoms. The first kappa shape index (κ1) is 15.8. The Hall–Kier alpha value is -1.61. The second-order valence-electron chi connectivity index (χ2n) is 6.73. The second kappa shape index (κ2) is 6.44. The Kier molecular flexibility index (Phi) is 4.84. The maximum absolute atomic E-state index is 5.39. The van der Waals surface area contributed by atoms with Gasteiger partial charge in [0.15, 0.2) is 0 Å². The summed E-state index contributed by atoms with van der Waals surface area (Å²) in [6.45, 7) is 10.9. The first-order chi connectivity index (χ1) is 9.91. The number of aromatic nitrogens is 1. The third-order valence-electron chi connectivity index (χ3n) is 4.20. The lowest BCUT2D eigenvalue weighted by Gasteiger charge is -2.27. The van der Waals surface area contributed by atoms with Crippen LogP contribution >= 0.6 is 0 Å². The van der Waals surface area contributed by atoms with Gasteiger partial charge in [0, 0.05) is 11.9 Å². The summed E-state index contributed by atoms with van der Waals surface area (Å²) in [6.07, 6.45) is 0. The number of nitrogens with zero attached hydrogens (tertiary/aromatic N) is 1. The Morgan fingerprint density at radius 1 is 1.19 bits per heavy atom. The molecule has 0 amide bonds. The Bertz CT molecular complexity index is 602. The molecule has 0 radical (unpaired) electrons. The molecule has 2 rings (SSSR count). The predicted molar refractivity (Wildman–Crippen MR) is 88.6 cm³/mol. The van der Waals surface area contributed by atoms with Crippen LogP contribution in [0.2, 0.25) is 0 Å². The van der Waals surface area contributed by atoms with Crippen molar-refractivity contribution in [3.05, 3.63) is 36.0 Å². The smallest absolute Gasteiger partial charge is 0.145 e. The molecule has 0 saturated heterocycles. The highest BCUT2D eigenvalue weighted by molar-refractivity contribution is 5.84. The predicted octanol–water partition coefficient (Wildman–Crippen LogP) is 4.02. The minimum absolute atomic E-state index is 0.326. The number of nitrogens with one attached hydrogen (secondary N) is 1. The fourth-order valence-electron chi connectivity index (χ4n) is 2.15. The molecule has 0 aliphatic heterocycles. The van der Waals surface area contributed by atoms with Gasteiger partial charge in [-0.1, -0.05) is 45.9 Å². The van der Waals surface area contributed by atoms with Crippen LogP contribution in [0.1, 0.15) is 33.4 Å². The largest absolute Gasteiger partial charge is 0.494 e. The van der Waals surface area contributed by atoms with E-state index in [9.17, 15) is 0 Å². The Labute approximate surface area is 127 Å². The number of ether oxygens (including phenoxy) is 1. The van der Waals surface area contributed by atoms with Gasteiger partial charge in [-0.2, -0.15) is 0 Å². The maximum Gasteiger partial charge on any atom is 0.145 e. The molecule has 0 saturated carbocycles. The summed E-state index contributed by atoms with van der Waals surface area (Å²) in [5.41, 5.74) is 2.31. The lowest BCUT2D eigenvalue weighted by molar-refractivity contribution is 0.252. The van der Waals surface area contributed by atoms with Crippen molar-refractivity contribution in [3.63, 3.8) is 0 Å². The van der Waals surface area contributed by atoms with Gasteiger partial charge in [0.1, 0.15) is 11.3 Å². The van der Waals surface area contributed by atoms with E-state index in [1.165, 1.54) is 0 Å². The van der Waals surface area contributed by atoms with Gasteiger partial charge in [-0.3, -0.25) is 0 Å². The van der Waals surface area contributed by atoms with E-state index >= 15 is 0 Å². The molecular formula is C18H26N2O. The highest BCUT2D eigenvalue weighted by Crippen LogP contribution is 2.25. The molecule has 114 valence electrons.